The van der Waals surface area contributed by atoms with Gasteiger partial charge >= 0.3 is 0 Å². The predicted molar refractivity (Wildman–Crippen MR) is 113 cm³/mol. The van der Waals surface area contributed by atoms with Crippen LogP contribution in [-0.4, -0.2) is 43.9 Å². The van der Waals surface area contributed by atoms with Crippen LogP contribution in [0.3, 0.4) is 0 Å². The average molecular weight is 428 g/mol. The molecule has 1 N–H and O–H groups in total. The van der Waals surface area contributed by atoms with Gasteiger partial charge in [0.1, 0.15) is 23.9 Å². The van der Waals surface area contributed by atoms with Gasteiger partial charge in [0.2, 0.25) is 5.91 Å². The van der Waals surface area contributed by atoms with Crippen LogP contribution in [0.1, 0.15) is 30.6 Å². The van der Waals surface area contributed by atoms with Gasteiger partial charge in [0.25, 0.3) is 5.91 Å². The standard InChI is InChI=1S/C23H25FN2O5/c1-15(2)9-10-25-22(28)12-26-19-11-16(3-8-21(19)31-14-23(26)29)20(27)13-30-18-6-4-17(24)5-7-18/h3-8,11,15H,9-10,12-14H2,1-2H3,(H,25,28). The van der Waals surface area contributed by atoms with Crippen LogP contribution in [-0.2, 0) is 9.59 Å². The smallest absolute Gasteiger partial charge is 0.265 e. The fourth-order valence-electron chi connectivity index (χ4n) is 3.01. The molecule has 1 aliphatic heterocycles. The summed E-state index contributed by atoms with van der Waals surface area (Å²) < 4.78 is 23.8. The average Bonchev–Trinajstić information content (AvgIpc) is 2.74. The van der Waals surface area contributed by atoms with Gasteiger partial charge in [-0.25, -0.2) is 4.39 Å². The van der Waals surface area contributed by atoms with Gasteiger partial charge < -0.3 is 14.8 Å². The summed E-state index contributed by atoms with van der Waals surface area (Å²) in [5.41, 5.74) is 0.673. The lowest BCUT2D eigenvalue weighted by atomic mass is 10.1. The molecule has 0 fully saturated rings. The summed E-state index contributed by atoms with van der Waals surface area (Å²) in [7, 11) is 0. The van der Waals surface area contributed by atoms with Crippen LogP contribution >= 0.6 is 0 Å². The maximum Gasteiger partial charge on any atom is 0.265 e. The Hall–Kier alpha value is -3.42. The minimum Gasteiger partial charge on any atom is -0.485 e. The minimum absolute atomic E-state index is 0.156. The zero-order valence-corrected chi connectivity index (χ0v) is 17.5. The largest absolute Gasteiger partial charge is 0.485 e. The molecule has 0 aromatic heterocycles. The molecule has 0 bridgehead atoms. The molecular weight excluding hydrogens is 403 g/mol. The van der Waals surface area contributed by atoms with Gasteiger partial charge in [0.05, 0.1) is 5.69 Å². The van der Waals surface area contributed by atoms with Gasteiger partial charge in [-0.1, -0.05) is 13.8 Å². The maximum absolute atomic E-state index is 13.0. The van der Waals surface area contributed by atoms with Crippen molar-refractivity contribution in [2.75, 3.05) is 31.2 Å². The molecule has 164 valence electrons. The number of carbonyl (C=O) groups is 3. The van der Waals surface area contributed by atoms with Gasteiger partial charge in [0.15, 0.2) is 19.0 Å². The third kappa shape index (κ3) is 6.04. The van der Waals surface area contributed by atoms with Crippen LogP contribution in [0, 0.1) is 11.7 Å². The van der Waals surface area contributed by atoms with E-state index in [1.807, 2.05) is 0 Å². The zero-order valence-electron chi connectivity index (χ0n) is 17.5. The van der Waals surface area contributed by atoms with Crippen LogP contribution in [0.15, 0.2) is 42.5 Å². The number of amides is 2. The van der Waals surface area contributed by atoms with Crippen LogP contribution in [0.4, 0.5) is 10.1 Å². The molecule has 2 aromatic rings. The van der Waals surface area contributed by atoms with Gasteiger partial charge in [-0.15, -0.1) is 0 Å². The third-order valence-corrected chi connectivity index (χ3v) is 4.75. The van der Waals surface area contributed by atoms with Gasteiger partial charge in [-0.2, -0.15) is 0 Å². The molecule has 3 rings (SSSR count). The van der Waals surface area contributed by atoms with E-state index < -0.39 is 5.82 Å². The number of ether oxygens (including phenoxy) is 2. The van der Waals surface area contributed by atoms with Crippen molar-refractivity contribution in [2.24, 2.45) is 5.92 Å². The van der Waals surface area contributed by atoms with E-state index in [9.17, 15) is 18.8 Å². The van der Waals surface area contributed by atoms with Crippen molar-refractivity contribution in [3.63, 3.8) is 0 Å². The molecule has 0 saturated heterocycles. The van der Waals surface area contributed by atoms with Crippen molar-refractivity contribution in [3.8, 4) is 11.5 Å². The third-order valence-electron chi connectivity index (χ3n) is 4.75. The highest BCUT2D eigenvalue weighted by Gasteiger charge is 2.28. The van der Waals surface area contributed by atoms with E-state index >= 15 is 0 Å². The Morgan fingerprint density at radius 1 is 1.19 bits per heavy atom. The molecule has 0 unspecified atom stereocenters. The Bertz CT molecular complexity index is 959. The number of rotatable bonds is 9. The Morgan fingerprint density at radius 3 is 2.65 bits per heavy atom. The molecule has 1 aliphatic rings. The Labute approximate surface area is 180 Å². The summed E-state index contributed by atoms with van der Waals surface area (Å²) in [6.07, 6.45) is 0.839. The van der Waals surface area contributed by atoms with Crippen molar-refractivity contribution < 1.29 is 28.2 Å². The first kappa shape index (κ1) is 22.3. The zero-order chi connectivity index (χ0) is 22.4. The Balaban J connectivity index is 1.68. The first-order valence-corrected chi connectivity index (χ1v) is 10.1. The molecule has 0 aliphatic carbocycles. The number of fused-ring (bicyclic) bond motifs is 1. The van der Waals surface area contributed by atoms with E-state index in [1.165, 1.54) is 35.2 Å². The molecule has 0 spiro atoms. The lowest BCUT2D eigenvalue weighted by Crippen LogP contribution is -2.45. The highest BCUT2D eigenvalue weighted by molar-refractivity contribution is 6.04. The van der Waals surface area contributed by atoms with Crippen LogP contribution in [0.5, 0.6) is 11.5 Å². The number of nitrogens with zero attached hydrogens (tertiary/aromatic N) is 1. The van der Waals surface area contributed by atoms with E-state index in [2.05, 4.69) is 19.2 Å². The topological polar surface area (TPSA) is 84.9 Å². The number of Topliss-reactive ketones (excluding diaryl/α,β-unsaturated/α-hetero) is 1. The normalized spacial score (nSPS) is 12.9. The number of benzene rings is 2. The summed E-state index contributed by atoms with van der Waals surface area (Å²) in [5.74, 6) is -0.122. The Kier molecular flexibility index (Phi) is 7.23. The van der Waals surface area contributed by atoms with Gasteiger partial charge in [-0.3, -0.25) is 19.3 Å². The maximum atomic E-state index is 13.0. The molecule has 31 heavy (non-hydrogen) atoms. The molecule has 2 amide bonds. The predicted octanol–water partition coefficient (Wildman–Crippen LogP) is 2.98. The minimum atomic E-state index is -0.397. The first-order valence-electron chi connectivity index (χ1n) is 10.1. The second-order valence-electron chi connectivity index (χ2n) is 7.65. The van der Waals surface area contributed by atoms with Crippen molar-refractivity contribution in [3.05, 3.63) is 53.8 Å². The van der Waals surface area contributed by atoms with Crippen molar-refractivity contribution in [1.82, 2.24) is 5.32 Å². The second kappa shape index (κ2) is 10.1. The lowest BCUT2D eigenvalue weighted by molar-refractivity contribution is -0.125. The van der Waals surface area contributed by atoms with Crippen LogP contribution < -0.4 is 19.7 Å². The summed E-state index contributed by atoms with van der Waals surface area (Å²) in [4.78, 5) is 38.5. The number of hydrogen-bond donors (Lipinski definition) is 1. The molecule has 1 heterocycles. The molecular formula is C23H25FN2O5. The van der Waals surface area contributed by atoms with E-state index in [0.29, 0.717) is 35.2 Å². The number of carbonyl (C=O) groups excluding carboxylic acids is 3. The number of hydrogen-bond acceptors (Lipinski definition) is 5. The molecule has 0 saturated carbocycles. The summed E-state index contributed by atoms with van der Waals surface area (Å²) in [6, 6.07) is 10.0. The Morgan fingerprint density at radius 2 is 1.94 bits per heavy atom. The van der Waals surface area contributed by atoms with E-state index in [0.717, 1.165) is 6.42 Å². The van der Waals surface area contributed by atoms with E-state index in [-0.39, 0.29) is 37.4 Å². The van der Waals surface area contributed by atoms with Crippen LogP contribution in [0.25, 0.3) is 0 Å². The fourth-order valence-corrected chi connectivity index (χ4v) is 3.01. The van der Waals surface area contributed by atoms with Crippen molar-refractivity contribution in [2.45, 2.75) is 20.3 Å². The molecule has 0 radical (unpaired) electrons. The van der Waals surface area contributed by atoms with Gasteiger partial charge in [0, 0.05) is 12.1 Å². The molecule has 7 nitrogen and oxygen atoms in total. The van der Waals surface area contributed by atoms with Crippen molar-refractivity contribution in [1.29, 1.82) is 0 Å². The molecule has 2 aromatic carbocycles. The fraction of sp³-hybridized carbons (Fsp3) is 0.348. The lowest BCUT2D eigenvalue weighted by Gasteiger charge is -2.29. The summed E-state index contributed by atoms with van der Waals surface area (Å²) in [5, 5.41) is 2.81. The number of nitrogens with one attached hydrogen (secondary N) is 1. The quantitative estimate of drug-likeness (QED) is 0.621. The number of ketones is 1. The summed E-state index contributed by atoms with van der Waals surface area (Å²) in [6.45, 7) is 4.07. The van der Waals surface area contributed by atoms with Crippen LogP contribution in [0.2, 0.25) is 0 Å². The number of halogens is 1. The van der Waals surface area contributed by atoms with Gasteiger partial charge in [-0.05, 0) is 54.8 Å². The second-order valence-corrected chi connectivity index (χ2v) is 7.65. The summed E-state index contributed by atoms with van der Waals surface area (Å²) >= 11 is 0. The van der Waals surface area contributed by atoms with E-state index in [4.69, 9.17) is 9.47 Å². The van der Waals surface area contributed by atoms with E-state index in [1.54, 1.807) is 12.1 Å². The molecule has 0 atom stereocenters. The monoisotopic (exact) mass is 428 g/mol. The highest BCUT2D eigenvalue weighted by Crippen LogP contribution is 2.33. The number of anilines is 1. The molecule has 8 heteroatoms. The first-order chi connectivity index (χ1) is 14.8. The SMILES string of the molecule is CC(C)CCNC(=O)CN1C(=O)COc2ccc(C(=O)COc3ccc(F)cc3)cc21. The van der Waals surface area contributed by atoms with Crippen molar-refractivity contribution >= 4 is 23.3 Å². The highest BCUT2D eigenvalue weighted by atomic mass is 19.1.